The number of thioether (sulfide) groups is 1. The van der Waals surface area contributed by atoms with Crippen LogP contribution in [-0.4, -0.2) is 21.4 Å². The first kappa shape index (κ1) is 11.0. The molecule has 0 unspecified atom stereocenters. The minimum atomic E-state index is 0.192. The SMILES string of the molecule is Nc1nc(N)c2c(n1)SCC(c1ccccc1)=N2. The zero-order valence-electron chi connectivity index (χ0n) is 9.50. The van der Waals surface area contributed by atoms with Crippen LogP contribution < -0.4 is 11.5 Å². The van der Waals surface area contributed by atoms with Crippen molar-refractivity contribution in [2.45, 2.75) is 5.03 Å². The van der Waals surface area contributed by atoms with E-state index in [-0.39, 0.29) is 5.95 Å². The molecule has 1 aromatic heterocycles. The fourth-order valence-electron chi connectivity index (χ4n) is 1.76. The molecule has 0 saturated heterocycles. The molecule has 2 heterocycles. The molecule has 0 saturated carbocycles. The highest BCUT2D eigenvalue weighted by atomic mass is 32.2. The van der Waals surface area contributed by atoms with Crippen LogP contribution in [0.5, 0.6) is 0 Å². The highest BCUT2D eigenvalue weighted by molar-refractivity contribution is 8.00. The lowest BCUT2D eigenvalue weighted by molar-refractivity contribution is 1.06. The van der Waals surface area contributed by atoms with Gasteiger partial charge in [-0.2, -0.15) is 4.98 Å². The van der Waals surface area contributed by atoms with Gasteiger partial charge < -0.3 is 11.5 Å². The van der Waals surface area contributed by atoms with Gasteiger partial charge in [0.15, 0.2) is 5.82 Å². The number of rotatable bonds is 1. The van der Waals surface area contributed by atoms with E-state index in [1.165, 1.54) is 0 Å². The fourth-order valence-corrected chi connectivity index (χ4v) is 2.71. The predicted molar refractivity (Wildman–Crippen MR) is 74.2 cm³/mol. The van der Waals surface area contributed by atoms with Crippen LogP contribution in [0.2, 0.25) is 0 Å². The fraction of sp³-hybridized carbons (Fsp3) is 0.0833. The minimum absolute atomic E-state index is 0.192. The molecule has 90 valence electrons. The smallest absolute Gasteiger partial charge is 0.223 e. The van der Waals surface area contributed by atoms with E-state index in [1.54, 1.807) is 11.8 Å². The number of nitrogen functional groups attached to an aromatic ring is 2. The summed E-state index contributed by atoms with van der Waals surface area (Å²) in [5, 5.41) is 0.750. The lowest BCUT2D eigenvalue weighted by Gasteiger charge is -2.15. The van der Waals surface area contributed by atoms with Crippen LogP contribution in [0.4, 0.5) is 17.5 Å². The van der Waals surface area contributed by atoms with Gasteiger partial charge in [0.05, 0.1) is 5.71 Å². The molecule has 0 amide bonds. The van der Waals surface area contributed by atoms with Crippen molar-refractivity contribution in [3.63, 3.8) is 0 Å². The van der Waals surface area contributed by atoms with Crippen LogP contribution in [0.15, 0.2) is 40.4 Å². The van der Waals surface area contributed by atoms with E-state index in [4.69, 9.17) is 11.5 Å². The molecule has 0 spiro atoms. The second-order valence-corrected chi connectivity index (χ2v) is 4.80. The number of benzene rings is 1. The van der Waals surface area contributed by atoms with Crippen molar-refractivity contribution in [3.8, 4) is 0 Å². The Hall–Kier alpha value is -2.08. The van der Waals surface area contributed by atoms with Crippen molar-refractivity contribution < 1.29 is 0 Å². The van der Waals surface area contributed by atoms with E-state index < -0.39 is 0 Å². The van der Waals surface area contributed by atoms with Crippen LogP contribution >= 0.6 is 11.8 Å². The molecular formula is C12H11N5S. The topological polar surface area (TPSA) is 90.2 Å². The van der Waals surface area contributed by atoms with Crippen LogP contribution in [0.25, 0.3) is 0 Å². The van der Waals surface area contributed by atoms with Gasteiger partial charge in [0.2, 0.25) is 5.95 Å². The number of aliphatic imine (C=N–C) groups is 1. The number of aromatic nitrogens is 2. The molecule has 1 aromatic carbocycles. The average Bonchev–Trinajstić information content (AvgIpc) is 2.39. The van der Waals surface area contributed by atoms with Crippen molar-refractivity contribution in [3.05, 3.63) is 35.9 Å². The van der Waals surface area contributed by atoms with Gasteiger partial charge in [-0.3, -0.25) is 0 Å². The van der Waals surface area contributed by atoms with Crippen molar-refractivity contribution in [1.82, 2.24) is 9.97 Å². The van der Waals surface area contributed by atoms with Crippen molar-refractivity contribution in [2.75, 3.05) is 17.2 Å². The van der Waals surface area contributed by atoms with Crippen LogP contribution in [0, 0.1) is 0 Å². The third kappa shape index (κ3) is 1.91. The molecule has 18 heavy (non-hydrogen) atoms. The number of fused-ring (bicyclic) bond motifs is 1. The molecule has 0 aliphatic carbocycles. The van der Waals surface area contributed by atoms with Crippen LogP contribution in [-0.2, 0) is 0 Å². The Balaban J connectivity index is 2.09. The summed E-state index contributed by atoms with van der Waals surface area (Å²) in [5.41, 5.74) is 14.1. The van der Waals surface area contributed by atoms with Gasteiger partial charge in [-0.15, -0.1) is 0 Å². The van der Waals surface area contributed by atoms with E-state index in [0.29, 0.717) is 11.5 Å². The van der Waals surface area contributed by atoms with Gasteiger partial charge in [-0.1, -0.05) is 42.1 Å². The Bertz CT molecular complexity index is 624. The highest BCUT2D eigenvalue weighted by Crippen LogP contribution is 2.37. The Morgan fingerprint density at radius 2 is 1.83 bits per heavy atom. The van der Waals surface area contributed by atoms with Crippen molar-refractivity contribution in [2.24, 2.45) is 4.99 Å². The Labute approximate surface area is 108 Å². The lowest BCUT2D eigenvalue weighted by atomic mass is 10.1. The summed E-state index contributed by atoms with van der Waals surface area (Å²) in [7, 11) is 0. The summed E-state index contributed by atoms with van der Waals surface area (Å²) >= 11 is 1.58. The zero-order chi connectivity index (χ0) is 12.5. The molecule has 1 aliphatic rings. The maximum atomic E-state index is 5.83. The molecular weight excluding hydrogens is 246 g/mol. The van der Waals surface area contributed by atoms with Gasteiger partial charge in [0.1, 0.15) is 10.7 Å². The molecule has 2 aromatic rings. The maximum absolute atomic E-state index is 5.83. The van der Waals surface area contributed by atoms with E-state index >= 15 is 0 Å². The van der Waals surface area contributed by atoms with Gasteiger partial charge in [0.25, 0.3) is 0 Å². The molecule has 0 radical (unpaired) electrons. The monoisotopic (exact) mass is 257 g/mol. The van der Waals surface area contributed by atoms with Gasteiger partial charge in [0, 0.05) is 5.75 Å². The van der Waals surface area contributed by atoms with Gasteiger partial charge in [-0.05, 0) is 5.56 Å². The molecule has 0 bridgehead atoms. The first-order valence-electron chi connectivity index (χ1n) is 5.43. The summed E-state index contributed by atoms with van der Waals surface area (Å²) in [6.07, 6.45) is 0. The molecule has 5 nitrogen and oxygen atoms in total. The van der Waals surface area contributed by atoms with Crippen molar-refractivity contribution in [1.29, 1.82) is 0 Å². The van der Waals surface area contributed by atoms with Gasteiger partial charge >= 0.3 is 0 Å². The Morgan fingerprint density at radius 1 is 1.06 bits per heavy atom. The van der Waals surface area contributed by atoms with Crippen LogP contribution in [0.1, 0.15) is 5.56 Å². The second kappa shape index (κ2) is 4.30. The Morgan fingerprint density at radius 3 is 2.61 bits per heavy atom. The number of hydrogen-bond donors (Lipinski definition) is 2. The summed E-state index contributed by atoms with van der Waals surface area (Å²) < 4.78 is 0. The summed E-state index contributed by atoms with van der Waals surface area (Å²) in [4.78, 5) is 12.6. The highest BCUT2D eigenvalue weighted by Gasteiger charge is 2.18. The number of anilines is 2. The maximum Gasteiger partial charge on any atom is 0.223 e. The Kier molecular flexibility index (Phi) is 2.64. The zero-order valence-corrected chi connectivity index (χ0v) is 10.3. The molecule has 4 N–H and O–H groups in total. The van der Waals surface area contributed by atoms with E-state index in [2.05, 4.69) is 15.0 Å². The minimum Gasteiger partial charge on any atom is -0.382 e. The summed E-state index contributed by atoms with van der Waals surface area (Å²) in [6.45, 7) is 0. The third-order valence-corrected chi connectivity index (χ3v) is 3.57. The van der Waals surface area contributed by atoms with Crippen LogP contribution in [0.3, 0.4) is 0 Å². The van der Waals surface area contributed by atoms with E-state index in [1.807, 2.05) is 30.3 Å². The molecule has 0 atom stereocenters. The summed E-state index contributed by atoms with van der Waals surface area (Å²) in [5.74, 6) is 1.28. The standard InChI is InChI=1S/C12H11N5S/c13-10-9-11(17-12(14)16-10)18-6-8(15-9)7-4-2-1-3-5-7/h1-5H,6H2,(H4,13,14,16,17). The molecule has 0 fully saturated rings. The number of hydrogen-bond acceptors (Lipinski definition) is 6. The quantitative estimate of drug-likeness (QED) is 0.761. The third-order valence-electron chi connectivity index (χ3n) is 2.60. The molecule has 1 aliphatic heterocycles. The normalized spacial score (nSPS) is 13.9. The number of nitrogens with two attached hydrogens (primary N) is 2. The summed E-state index contributed by atoms with van der Waals surface area (Å²) in [6, 6.07) is 10.0. The first-order chi connectivity index (χ1) is 8.74. The molecule has 6 heteroatoms. The average molecular weight is 257 g/mol. The van der Waals surface area contributed by atoms with Crippen molar-refractivity contribution >= 4 is 34.9 Å². The number of nitrogens with zero attached hydrogens (tertiary/aromatic N) is 3. The largest absolute Gasteiger partial charge is 0.382 e. The first-order valence-corrected chi connectivity index (χ1v) is 6.41. The van der Waals surface area contributed by atoms with E-state index in [0.717, 1.165) is 22.1 Å². The second-order valence-electron chi connectivity index (χ2n) is 3.83. The predicted octanol–water partition coefficient (Wildman–Crippen LogP) is 1.87. The molecule has 3 rings (SSSR count). The van der Waals surface area contributed by atoms with E-state index in [9.17, 15) is 0 Å². The van der Waals surface area contributed by atoms with Gasteiger partial charge in [-0.25, -0.2) is 9.98 Å². The lowest BCUT2D eigenvalue weighted by Crippen LogP contribution is -2.11.